The second kappa shape index (κ2) is 6.31. The van der Waals surface area contributed by atoms with Gasteiger partial charge in [-0.3, -0.25) is 4.90 Å². The van der Waals surface area contributed by atoms with E-state index in [-0.39, 0.29) is 0 Å². The zero-order chi connectivity index (χ0) is 17.5. The third-order valence-electron chi connectivity index (χ3n) is 5.20. The Kier molecular flexibility index (Phi) is 3.81. The molecule has 4 heterocycles. The summed E-state index contributed by atoms with van der Waals surface area (Å²) in [5.74, 6) is 3.93. The SMILES string of the molecule is COc1ccc2nnc(C3CCN(Cc4noc(C5CC5)n4)CC3)n2n1. The van der Waals surface area contributed by atoms with Crippen LogP contribution in [0.25, 0.3) is 5.65 Å². The van der Waals surface area contributed by atoms with Crippen molar-refractivity contribution < 1.29 is 9.26 Å². The van der Waals surface area contributed by atoms with E-state index in [0.717, 1.165) is 55.7 Å². The smallest absolute Gasteiger partial charge is 0.231 e. The Labute approximate surface area is 150 Å². The van der Waals surface area contributed by atoms with Crippen LogP contribution in [0, 0.1) is 0 Å². The van der Waals surface area contributed by atoms with Gasteiger partial charge in [0, 0.05) is 17.9 Å². The molecule has 1 aliphatic carbocycles. The Morgan fingerprint density at radius 3 is 2.73 bits per heavy atom. The molecule has 136 valence electrons. The van der Waals surface area contributed by atoms with Gasteiger partial charge in [0.2, 0.25) is 11.8 Å². The number of rotatable bonds is 5. The average molecular weight is 355 g/mol. The largest absolute Gasteiger partial charge is 0.480 e. The molecule has 0 unspecified atom stereocenters. The number of hydrogen-bond acceptors (Lipinski definition) is 8. The lowest BCUT2D eigenvalue weighted by Gasteiger charge is -2.29. The summed E-state index contributed by atoms with van der Waals surface area (Å²) in [6.45, 7) is 2.68. The molecule has 5 rings (SSSR count). The van der Waals surface area contributed by atoms with Crippen molar-refractivity contribution in [1.82, 2.24) is 34.9 Å². The number of likely N-dealkylation sites (tertiary alicyclic amines) is 1. The predicted octanol–water partition coefficient (Wildman–Crippen LogP) is 1.77. The molecule has 0 N–H and O–H groups in total. The Balaban J connectivity index is 1.25. The number of piperidine rings is 1. The number of nitrogens with zero attached hydrogens (tertiary/aromatic N) is 7. The molecule has 1 saturated carbocycles. The lowest BCUT2D eigenvalue weighted by atomic mass is 9.96. The van der Waals surface area contributed by atoms with Gasteiger partial charge in [0.15, 0.2) is 17.3 Å². The van der Waals surface area contributed by atoms with Gasteiger partial charge in [-0.25, -0.2) is 0 Å². The normalized spacial score (nSPS) is 19.3. The van der Waals surface area contributed by atoms with Crippen molar-refractivity contribution in [3.05, 3.63) is 29.7 Å². The maximum atomic E-state index is 5.35. The van der Waals surface area contributed by atoms with E-state index < -0.39 is 0 Å². The van der Waals surface area contributed by atoms with Crippen molar-refractivity contribution in [2.75, 3.05) is 20.2 Å². The van der Waals surface area contributed by atoms with Crippen molar-refractivity contribution >= 4 is 5.65 Å². The zero-order valence-electron chi connectivity index (χ0n) is 14.7. The number of methoxy groups -OCH3 is 1. The van der Waals surface area contributed by atoms with Gasteiger partial charge in [-0.1, -0.05) is 5.16 Å². The van der Waals surface area contributed by atoms with Crippen molar-refractivity contribution in [1.29, 1.82) is 0 Å². The number of aromatic nitrogens is 6. The molecule has 9 heteroatoms. The van der Waals surface area contributed by atoms with Crippen LogP contribution >= 0.6 is 0 Å². The van der Waals surface area contributed by atoms with E-state index in [9.17, 15) is 0 Å². The molecule has 0 bridgehead atoms. The van der Waals surface area contributed by atoms with E-state index in [1.165, 1.54) is 12.8 Å². The van der Waals surface area contributed by atoms with Gasteiger partial charge in [0.05, 0.1) is 13.7 Å². The summed E-state index contributed by atoms with van der Waals surface area (Å²) in [7, 11) is 1.61. The van der Waals surface area contributed by atoms with Crippen LogP contribution in [0.2, 0.25) is 0 Å². The highest BCUT2D eigenvalue weighted by atomic mass is 16.5. The van der Waals surface area contributed by atoms with Crippen molar-refractivity contribution in [2.24, 2.45) is 0 Å². The summed E-state index contributed by atoms with van der Waals surface area (Å²) >= 11 is 0. The average Bonchev–Trinajstić information content (AvgIpc) is 3.28. The quantitative estimate of drug-likeness (QED) is 0.683. The molecule has 3 aromatic heterocycles. The summed E-state index contributed by atoms with van der Waals surface area (Å²) in [4.78, 5) is 6.90. The van der Waals surface area contributed by atoms with E-state index in [0.29, 0.717) is 17.7 Å². The van der Waals surface area contributed by atoms with Crippen LogP contribution in [0.5, 0.6) is 5.88 Å². The van der Waals surface area contributed by atoms with Gasteiger partial charge < -0.3 is 9.26 Å². The molecule has 0 radical (unpaired) electrons. The summed E-state index contributed by atoms with van der Waals surface area (Å²) in [6, 6.07) is 3.68. The minimum Gasteiger partial charge on any atom is -0.480 e. The summed E-state index contributed by atoms with van der Waals surface area (Å²) in [5.41, 5.74) is 0.752. The Morgan fingerprint density at radius 1 is 1.12 bits per heavy atom. The Bertz CT molecular complexity index is 909. The topological polar surface area (TPSA) is 94.5 Å². The predicted molar refractivity (Wildman–Crippen MR) is 90.9 cm³/mol. The van der Waals surface area contributed by atoms with E-state index >= 15 is 0 Å². The van der Waals surface area contributed by atoms with Crippen LogP contribution in [0.1, 0.15) is 55.1 Å². The first-order valence-electron chi connectivity index (χ1n) is 9.11. The van der Waals surface area contributed by atoms with Crippen LogP contribution in [-0.2, 0) is 6.54 Å². The van der Waals surface area contributed by atoms with Gasteiger partial charge in [0.1, 0.15) is 0 Å². The van der Waals surface area contributed by atoms with Crippen LogP contribution in [0.4, 0.5) is 0 Å². The molecule has 1 aliphatic heterocycles. The monoisotopic (exact) mass is 355 g/mol. The molecular weight excluding hydrogens is 334 g/mol. The molecule has 3 aromatic rings. The van der Waals surface area contributed by atoms with Crippen LogP contribution in [0.3, 0.4) is 0 Å². The van der Waals surface area contributed by atoms with Gasteiger partial charge in [-0.2, -0.15) is 9.50 Å². The molecule has 2 aliphatic rings. The molecule has 1 saturated heterocycles. The van der Waals surface area contributed by atoms with Crippen LogP contribution < -0.4 is 4.74 Å². The minimum absolute atomic E-state index is 0.341. The maximum absolute atomic E-state index is 5.35. The lowest BCUT2D eigenvalue weighted by molar-refractivity contribution is 0.194. The summed E-state index contributed by atoms with van der Waals surface area (Å²) < 4.78 is 12.4. The van der Waals surface area contributed by atoms with Gasteiger partial charge >= 0.3 is 0 Å². The zero-order valence-corrected chi connectivity index (χ0v) is 14.7. The molecule has 0 spiro atoms. The van der Waals surface area contributed by atoms with Crippen LogP contribution in [0.15, 0.2) is 16.7 Å². The third kappa shape index (κ3) is 2.92. The fraction of sp³-hybridized carbons (Fsp3) is 0.588. The number of hydrogen-bond donors (Lipinski definition) is 0. The molecule has 9 nitrogen and oxygen atoms in total. The molecular formula is C17H21N7O2. The fourth-order valence-corrected chi connectivity index (χ4v) is 3.53. The summed E-state index contributed by atoms with van der Waals surface area (Å²) in [5, 5.41) is 17.2. The molecule has 0 aromatic carbocycles. The highest BCUT2D eigenvalue weighted by Crippen LogP contribution is 2.39. The highest BCUT2D eigenvalue weighted by Gasteiger charge is 2.30. The van der Waals surface area contributed by atoms with E-state index in [4.69, 9.17) is 9.26 Å². The van der Waals surface area contributed by atoms with Gasteiger partial charge in [-0.05, 0) is 44.8 Å². The lowest BCUT2D eigenvalue weighted by Crippen LogP contribution is -2.33. The van der Waals surface area contributed by atoms with Crippen molar-refractivity contribution in [2.45, 2.75) is 44.1 Å². The van der Waals surface area contributed by atoms with Gasteiger partial charge in [-0.15, -0.1) is 15.3 Å². The van der Waals surface area contributed by atoms with E-state index in [1.54, 1.807) is 17.7 Å². The number of ether oxygens (including phenoxy) is 1. The highest BCUT2D eigenvalue weighted by molar-refractivity contribution is 5.38. The second-order valence-corrected chi connectivity index (χ2v) is 7.08. The Morgan fingerprint density at radius 2 is 1.96 bits per heavy atom. The molecule has 26 heavy (non-hydrogen) atoms. The Hall–Kier alpha value is -2.55. The fourth-order valence-electron chi connectivity index (χ4n) is 3.53. The van der Waals surface area contributed by atoms with Gasteiger partial charge in [0.25, 0.3) is 0 Å². The van der Waals surface area contributed by atoms with Crippen molar-refractivity contribution in [3.8, 4) is 5.88 Å². The second-order valence-electron chi connectivity index (χ2n) is 7.08. The van der Waals surface area contributed by atoms with E-state index in [1.807, 2.05) is 6.07 Å². The van der Waals surface area contributed by atoms with Crippen LogP contribution in [-0.4, -0.2) is 55.1 Å². The number of fused-ring (bicyclic) bond motifs is 1. The first-order valence-corrected chi connectivity index (χ1v) is 9.11. The molecule has 0 amide bonds. The summed E-state index contributed by atoms with van der Waals surface area (Å²) in [6.07, 6.45) is 4.37. The molecule has 2 fully saturated rings. The first-order chi connectivity index (χ1) is 12.8. The molecule has 0 atom stereocenters. The maximum Gasteiger partial charge on any atom is 0.231 e. The standard InChI is InChI=1S/C17H21N7O2/c1-25-15-5-4-14-19-20-16(24(14)21-15)11-6-8-23(9-7-11)10-13-18-17(26-22-13)12-2-3-12/h4-5,11-12H,2-3,6-10H2,1H3. The third-order valence-corrected chi connectivity index (χ3v) is 5.20. The van der Waals surface area contributed by atoms with Crippen molar-refractivity contribution in [3.63, 3.8) is 0 Å². The van der Waals surface area contributed by atoms with E-state index in [2.05, 4.69) is 30.3 Å². The first kappa shape index (κ1) is 15.7. The minimum atomic E-state index is 0.341.